The fourth-order valence-electron chi connectivity index (χ4n) is 4.27. The Bertz CT molecular complexity index is 1700. The van der Waals surface area contributed by atoms with E-state index in [1.54, 1.807) is 50.2 Å². The van der Waals surface area contributed by atoms with Crippen LogP contribution < -0.4 is 16.4 Å². The molecule has 2 aromatic carbocycles. The number of rotatable bonds is 16. The molecule has 0 radical (unpaired) electrons. The van der Waals surface area contributed by atoms with Crippen LogP contribution in [0.25, 0.3) is 0 Å². The lowest BCUT2D eigenvalue weighted by Gasteiger charge is -2.26. The first kappa shape index (κ1) is 32.2. The first-order valence-corrected chi connectivity index (χ1v) is 16.6. The van der Waals surface area contributed by atoms with Crippen LogP contribution in [-0.4, -0.2) is 24.4 Å². The molecule has 0 amide bonds. The zero-order chi connectivity index (χ0) is 31.0. The molecule has 232 valence electrons. The van der Waals surface area contributed by atoms with Crippen molar-refractivity contribution >= 4 is 17.7 Å². The van der Waals surface area contributed by atoms with Gasteiger partial charge in [0.05, 0.1) is 11.4 Å². The van der Waals surface area contributed by atoms with E-state index in [1.165, 1.54) is 0 Å². The fraction of sp³-hybridized carbons (Fsp3) is 0.357. The summed E-state index contributed by atoms with van der Waals surface area (Å²) in [4.78, 5) is 23.3. The van der Waals surface area contributed by atoms with Crippen LogP contribution in [0.3, 0.4) is 0 Å². The van der Waals surface area contributed by atoms with Gasteiger partial charge in [-0.2, -0.15) is 8.42 Å². The van der Waals surface area contributed by atoms with Crippen LogP contribution >= 0.6 is 7.60 Å². The Labute approximate surface area is 246 Å². The summed E-state index contributed by atoms with van der Waals surface area (Å²) >= 11 is 0. The van der Waals surface area contributed by atoms with Gasteiger partial charge in [0.1, 0.15) is 24.7 Å². The highest BCUT2D eigenvalue weighted by Crippen LogP contribution is 2.56. The molecule has 0 spiro atoms. The Morgan fingerprint density at radius 3 is 1.86 bits per heavy atom. The first-order chi connectivity index (χ1) is 20.5. The molecular formula is C28H31O13PS. The van der Waals surface area contributed by atoms with Crippen LogP contribution in [0.2, 0.25) is 0 Å². The van der Waals surface area contributed by atoms with E-state index in [4.69, 9.17) is 31.5 Å². The van der Waals surface area contributed by atoms with Crippen LogP contribution in [-0.2, 0) is 56.2 Å². The maximum Gasteiger partial charge on any atom is 0.519 e. The molecule has 1 atom stereocenters. The summed E-state index contributed by atoms with van der Waals surface area (Å²) in [6.45, 7) is 2.25. The van der Waals surface area contributed by atoms with Gasteiger partial charge >= 0.3 is 19.2 Å². The fourth-order valence-corrected chi connectivity index (χ4v) is 7.76. The van der Waals surface area contributed by atoms with Crippen molar-refractivity contribution in [3.8, 4) is 11.5 Å². The van der Waals surface area contributed by atoms with E-state index in [0.717, 1.165) is 0 Å². The monoisotopic (exact) mass is 638 g/mol. The van der Waals surface area contributed by atoms with Crippen molar-refractivity contribution in [2.75, 3.05) is 5.75 Å². The lowest BCUT2D eigenvalue weighted by Crippen LogP contribution is -2.24. The van der Waals surface area contributed by atoms with E-state index in [-0.39, 0.29) is 48.7 Å². The molecule has 0 fully saturated rings. The number of hydrogen-bond donors (Lipinski definition) is 1. The molecule has 1 unspecified atom stereocenters. The summed E-state index contributed by atoms with van der Waals surface area (Å²) < 4.78 is 85.3. The summed E-state index contributed by atoms with van der Waals surface area (Å²) in [7, 11) is -9.16. The van der Waals surface area contributed by atoms with Gasteiger partial charge in [0.15, 0.2) is 23.0 Å². The second-order valence-corrected chi connectivity index (χ2v) is 13.2. The quantitative estimate of drug-likeness (QED) is 0.120. The minimum atomic E-state index is -4.68. The van der Waals surface area contributed by atoms with Gasteiger partial charge in [-0.25, -0.2) is 9.59 Å². The van der Waals surface area contributed by atoms with Gasteiger partial charge in [-0.1, -0.05) is 44.2 Å². The van der Waals surface area contributed by atoms with Crippen molar-refractivity contribution < 1.29 is 49.0 Å². The summed E-state index contributed by atoms with van der Waals surface area (Å²) in [5, 5.41) is 0. The SMILES string of the molecule is CCc1oc(=O)oc1COP(=O)(OCc1oc(=O)oc1CC)C(CCc1cccc(Oc2ccccc2)c1)CS(=O)(=O)O. The predicted molar refractivity (Wildman–Crippen MR) is 152 cm³/mol. The number of hydrogen-bond acceptors (Lipinski definition) is 12. The highest BCUT2D eigenvalue weighted by Gasteiger charge is 2.40. The van der Waals surface area contributed by atoms with Crippen LogP contribution in [0.4, 0.5) is 0 Å². The van der Waals surface area contributed by atoms with E-state index in [1.807, 2.05) is 18.2 Å². The third-order valence-electron chi connectivity index (χ3n) is 6.34. The Balaban J connectivity index is 1.61. The summed E-state index contributed by atoms with van der Waals surface area (Å²) in [6.07, 6.45) is 0.611. The topological polar surface area (TPSA) is 186 Å². The lowest BCUT2D eigenvalue weighted by molar-refractivity contribution is 0.162. The summed E-state index contributed by atoms with van der Waals surface area (Å²) in [5.74, 6) is -1.65. The molecule has 2 heterocycles. The maximum atomic E-state index is 14.3. The van der Waals surface area contributed by atoms with Gasteiger partial charge in [-0.15, -0.1) is 0 Å². The highest BCUT2D eigenvalue weighted by atomic mass is 32.2. The van der Waals surface area contributed by atoms with Gasteiger partial charge in [-0.3, -0.25) is 9.12 Å². The average Bonchev–Trinajstić information content (AvgIpc) is 3.53. The molecule has 1 N–H and O–H groups in total. The second-order valence-electron chi connectivity index (χ2n) is 9.40. The Morgan fingerprint density at radius 1 is 0.791 bits per heavy atom. The van der Waals surface area contributed by atoms with Crippen LogP contribution in [0.5, 0.6) is 11.5 Å². The molecule has 4 rings (SSSR count). The molecule has 0 bridgehead atoms. The average molecular weight is 639 g/mol. The molecule has 0 saturated carbocycles. The molecule has 0 saturated heterocycles. The molecule has 4 aromatic rings. The molecule has 0 aliphatic heterocycles. The molecule has 0 aliphatic rings. The highest BCUT2D eigenvalue weighted by molar-refractivity contribution is 7.86. The van der Waals surface area contributed by atoms with Crippen LogP contribution in [0.1, 0.15) is 48.9 Å². The molecular weight excluding hydrogens is 607 g/mol. The van der Waals surface area contributed by atoms with Crippen molar-refractivity contribution in [3.05, 3.63) is 104 Å². The number of aryl methyl sites for hydroxylation is 3. The predicted octanol–water partition coefficient (Wildman–Crippen LogP) is 5.51. The zero-order valence-corrected chi connectivity index (χ0v) is 25.1. The summed E-state index contributed by atoms with van der Waals surface area (Å²) in [6, 6.07) is 16.1. The van der Waals surface area contributed by atoms with Gasteiger partial charge in [0, 0.05) is 12.8 Å². The third-order valence-corrected chi connectivity index (χ3v) is 9.72. The van der Waals surface area contributed by atoms with Gasteiger partial charge in [-0.05, 0) is 42.7 Å². The van der Waals surface area contributed by atoms with Crippen molar-refractivity contribution in [1.29, 1.82) is 0 Å². The van der Waals surface area contributed by atoms with Gasteiger partial charge < -0.3 is 31.5 Å². The van der Waals surface area contributed by atoms with E-state index in [0.29, 0.717) is 17.1 Å². The maximum absolute atomic E-state index is 14.3. The minimum absolute atomic E-state index is 0.0585. The molecule has 2 aromatic heterocycles. The van der Waals surface area contributed by atoms with E-state index in [9.17, 15) is 27.1 Å². The molecule has 13 nitrogen and oxygen atoms in total. The Kier molecular flexibility index (Phi) is 10.6. The smallest absolute Gasteiger partial charge is 0.457 e. The number of ether oxygens (including phenoxy) is 1. The second kappa shape index (κ2) is 14.2. The largest absolute Gasteiger partial charge is 0.519 e. The third kappa shape index (κ3) is 9.15. The van der Waals surface area contributed by atoms with Crippen LogP contribution in [0.15, 0.2) is 81.9 Å². The van der Waals surface area contributed by atoms with Gasteiger partial charge in [0.25, 0.3) is 10.1 Å². The standard InChI is InChI=1S/C28H31O13PS/c1-3-23-25(40-27(29)38-23)16-35-42(31,36-17-26-24(4-2)39-28(30)41-26)22(18-43(32,33)34)14-13-19-9-8-12-21(15-19)37-20-10-6-5-7-11-20/h5-12,15,22H,3-4,13-14,16-18H2,1-2H3,(H,32,33,34). The van der Waals surface area contributed by atoms with Crippen LogP contribution in [0, 0.1) is 0 Å². The molecule has 0 aliphatic carbocycles. The Morgan fingerprint density at radius 2 is 1.33 bits per heavy atom. The normalized spacial score (nSPS) is 12.8. The Hall–Kier alpha value is -3.68. The van der Waals surface area contributed by atoms with Crippen molar-refractivity contribution in [1.82, 2.24) is 0 Å². The van der Waals surface area contributed by atoms with Crippen molar-refractivity contribution in [3.63, 3.8) is 0 Å². The minimum Gasteiger partial charge on any atom is -0.457 e. The zero-order valence-electron chi connectivity index (χ0n) is 23.4. The van der Waals surface area contributed by atoms with E-state index in [2.05, 4.69) is 0 Å². The lowest BCUT2D eigenvalue weighted by atomic mass is 10.1. The number of benzene rings is 2. The van der Waals surface area contributed by atoms with Crippen molar-refractivity contribution in [2.45, 2.75) is 58.4 Å². The van der Waals surface area contributed by atoms with E-state index < -0.39 is 54.0 Å². The number of para-hydroxylation sites is 1. The van der Waals surface area contributed by atoms with Crippen molar-refractivity contribution in [2.24, 2.45) is 0 Å². The first-order valence-electron chi connectivity index (χ1n) is 13.4. The van der Waals surface area contributed by atoms with Gasteiger partial charge in [0.2, 0.25) is 0 Å². The van der Waals surface area contributed by atoms with E-state index >= 15 is 0 Å². The molecule has 15 heteroatoms. The summed E-state index contributed by atoms with van der Waals surface area (Å²) in [5.41, 5.74) is -0.683. The molecule has 43 heavy (non-hydrogen) atoms.